The Kier molecular flexibility index (Phi) is 4.89. The maximum absolute atomic E-state index is 12.6. The number of furan rings is 1. The Hall–Kier alpha value is -3.47. The van der Waals surface area contributed by atoms with Crippen molar-refractivity contribution in [3.63, 3.8) is 0 Å². The lowest BCUT2D eigenvalue weighted by Crippen LogP contribution is -2.23. The van der Waals surface area contributed by atoms with Crippen LogP contribution in [0.4, 0.5) is 0 Å². The minimum absolute atomic E-state index is 0.120. The first-order chi connectivity index (χ1) is 13.6. The van der Waals surface area contributed by atoms with Gasteiger partial charge in [-0.3, -0.25) is 14.2 Å². The largest absolute Gasteiger partial charge is 0.461 e. The topological polar surface area (TPSA) is 135 Å². The first-order valence-electron chi connectivity index (χ1n) is 8.34. The van der Waals surface area contributed by atoms with E-state index in [2.05, 4.69) is 20.5 Å². The van der Waals surface area contributed by atoms with E-state index in [1.54, 1.807) is 41.0 Å². The van der Waals surface area contributed by atoms with Gasteiger partial charge in [0.05, 0.1) is 17.5 Å². The molecule has 0 aliphatic heterocycles. The van der Waals surface area contributed by atoms with Crippen LogP contribution in [0.2, 0.25) is 0 Å². The molecule has 0 aliphatic carbocycles. The highest BCUT2D eigenvalue weighted by molar-refractivity contribution is 7.98. The lowest BCUT2D eigenvalue weighted by Gasteiger charge is -2.08. The van der Waals surface area contributed by atoms with Crippen molar-refractivity contribution in [2.45, 2.75) is 24.0 Å². The Morgan fingerprint density at radius 2 is 2.00 bits per heavy atom. The van der Waals surface area contributed by atoms with Crippen molar-refractivity contribution in [1.29, 1.82) is 0 Å². The number of nitrogens with zero attached hydrogens (tertiary/aromatic N) is 6. The molecule has 0 aliphatic rings. The number of rotatable bonds is 7. The second-order valence-corrected chi connectivity index (χ2v) is 6.75. The van der Waals surface area contributed by atoms with Gasteiger partial charge in [-0.1, -0.05) is 29.1 Å². The van der Waals surface area contributed by atoms with E-state index >= 15 is 0 Å². The van der Waals surface area contributed by atoms with E-state index in [4.69, 9.17) is 10.2 Å². The zero-order valence-corrected chi connectivity index (χ0v) is 15.4. The number of fused-ring (bicyclic) bond motifs is 1. The van der Waals surface area contributed by atoms with Crippen LogP contribution in [0.15, 0.2) is 57.0 Å². The van der Waals surface area contributed by atoms with Crippen LogP contribution in [0.5, 0.6) is 0 Å². The molecule has 11 heteroatoms. The number of amides is 1. The quantitative estimate of drug-likeness (QED) is 0.461. The van der Waals surface area contributed by atoms with Crippen LogP contribution in [0.3, 0.4) is 0 Å². The van der Waals surface area contributed by atoms with E-state index in [9.17, 15) is 9.59 Å². The fourth-order valence-corrected chi connectivity index (χ4v) is 3.47. The summed E-state index contributed by atoms with van der Waals surface area (Å²) >= 11 is 1.25. The van der Waals surface area contributed by atoms with E-state index in [0.717, 1.165) is 0 Å². The average Bonchev–Trinajstić information content (AvgIpc) is 3.35. The molecule has 0 saturated heterocycles. The highest BCUT2D eigenvalue weighted by Gasteiger charge is 2.17. The first kappa shape index (κ1) is 17.9. The monoisotopic (exact) mass is 397 g/mol. The van der Waals surface area contributed by atoms with Crippen LogP contribution in [0.25, 0.3) is 22.5 Å². The van der Waals surface area contributed by atoms with Gasteiger partial charge in [0.1, 0.15) is 5.52 Å². The molecule has 0 atom stereocenters. The summed E-state index contributed by atoms with van der Waals surface area (Å²) in [5, 5.41) is 17.3. The van der Waals surface area contributed by atoms with Crippen LogP contribution in [0, 0.1) is 0 Å². The molecule has 2 N–H and O–H groups in total. The summed E-state index contributed by atoms with van der Waals surface area (Å²) < 4.78 is 8.37. The maximum atomic E-state index is 12.6. The molecule has 3 heterocycles. The fraction of sp³-hybridized carbons (Fsp3) is 0.176. The van der Waals surface area contributed by atoms with Gasteiger partial charge in [-0.25, -0.2) is 0 Å². The average molecular weight is 397 g/mol. The molecule has 4 rings (SSSR count). The zero-order chi connectivity index (χ0) is 19.5. The number of carbonyl (C=O) groups is 1. The van der Waals surface area contributed by atoms with Crippen molar-refractivity contribution >= 4 is 28.6 Å². The number of thioether (sulfide) groups is 1. The second-order valence-electron chi connectivity index (χ2n) is 5.84. The Labute approximate surface area is 162 Å². The van der Waals surface area contributed by atoms with E-state index in [-0.39, 0.29) is 17.9 Å². The number of carbonyl (C=O) groups excluding carboxylic acids is 1. The predicted molar refractivity (Wildman–Crippen MR) is 101 cm³/mol. The van der Waals surface area contributed by atoms with Crippen molar-refractivity contribution in [1.82, 2.24) is 29.8 Å². The second kappa shape index (κ2) is 7.64. The third-order valence-corrected chi connectivity index (χ3v) is 4.92. The van der Waals surface area contributed by atoms with Gasteiger partial charge < -0.3 is 10.2 Å². The van der Waals surface area contributed by atoms with Gasteiger partial charge in [-0.2, -0.15) is 4.68 Å². The lowest BCUT2D eigenvalue weighted by molar-refractivity contribution is -0.118. The van der Waals surface area contributed by atoms with Gasteiger partial charge in [0.2, 0.25) is 5.91 Å². The van der Waals surface area contributed by atoms with Gasteiger partial charge >= 0.3 is 0 Å². The van der Waals surface area contributed by atoms with Crippen molar-refractivity contribution in [3.8, 4) is 11.6 Å². The Morgan fingerprint density at radius 1 is 1.14 bits per heavy atom. The van der Waals surface area contributed by atoms with Gasteiger partial charge in [0.15, 0.2) is 16.7 Å². The van der Waals surface area contributed by atoms with Crippen molar-refractivity contribution in [2.24, 2.45) is 5.73 Å². The Balaban J connectivity index is 1.62. The molecule has 0 spiro atoms. The normalized spacial score (nSPS) is 11.1. The molecule has 142 valence electrons. The van der Waals surface area contributed by atoms with Crippen molar-refractivity contribution < 1.29 is 9.21 Å². The van der Waals surface area contributed by atoms with Crippen LogP contribution in [0.1, 0.15) is 6.42 Å². The van der Waals surface area contributed by atoms with Crippen LogP contribution in [-0.4, -0.2) is 35.7 Å². The highest BCUT2D eigenvalue weighted by atomic mass is 32.2. The van der Waals surface area contributed by atoms with Crippen LogP contribution in [-0.2, 0) is 17.2 Å². The van der Waals surface area contributed by atoms with Crippen LogP contribution >= 0.6 is 11.8 Å². The summed E-state index contributed by atoms with van der Waals surface area (Å²) in [5.41, 5.74) is 5.58. The van der Waals surface area contributed by atoms with E-state index in [1.165, 1.54) is 22.7 Å². The molecular formula is C17H15N7O3S. The molecule has 4 aromatic rings. The number of primary amides is 1. The number of hydrogen-bond donors (Lipinski definition) is 1. The number of benzene rings is 1. The minimum atomic E-state index is -0.438. The molecule has 0 bridgehead atoms. The van der Waals surface area contributed by atoms with Crippen molar-refractivity contribution in [2.75, 3.05) is 0 Å². The summed E-state index contributed by atoms with van der Waals surface area (Å²) in [6, 6.07) is 10.5. The fourth-order valence-electron chi connectivity index (χ4n) is 2.63. The van der Waals surface area contributed by atoms with Crippen molar-refractivity contribution in [3.05, 3.63) is 53.0 Å². The smallest absolute Gasteiger partial charge is 0.278 e. The third kappa shape index (κ3) is 3.51. The van der Waals surface area contributed by atoms with Gasteiger partial charge in [0, 0.05) is 13.0 Å². The van der Waals surface area contributed by atoms with Crippen LogP contribution < -0.4 is 11.3 Å². The third-order valence-electron chi connectivity index (χ3n) is 3.99. The molecular weight excluding hydrogens is 382 g/mol. The summed E-state index contributed by atoms with van der Waals surface area (Å²) in [5.74, 6) is 0.743. The number of nitrogens with two attached hydrogens (primary N) is 1. The molecule has 0 saturated carbocycles. The number of aromatic nitrogens is 6. The molecule has 0 fully saturated rings. The number of hydrogen-bond acceptors (Lipinski definition) is 8. The van der Waals surface area contributed by atoms with Gasteiger partial charge in [-0.05, 0) is 24.3 Å². The lowest BCUT2D eigenvalue weighted by atomic mass is 10.2. The summed E-state index contributed by atoms with van der Waals surface area (Å²) in [7, 11) is 0. The standard InChI is InChI=1S/C17H15N7O3S/c18-14(25)7-8-23-15(13-6-3-9-27-13)20-21-17(23)28-10-24-16(26)11-4-1-2-5-12(11)19-22-24/h1-6,9H,7-8,10H2,(H2,18,25). The zero-order valence-electron chi connectivity index (χ0n) is 14.6. The first-order valence-corrected chi connectivity index (χ1v) is 9.33. The van der Waals surface area contributed by atoms with E-state index in [1.807, 2.05) is 0 Å². The molecule has 0 unspecified atom stereocenters. The molecule has 10 nitrogen and oxygen atoms in total. The molecule has 3 aromatic heterocycles. The maximum Gasteiger partial charge on any atom is 0.278 e. The molecule has 1 aromatic carbocycles. The van der Waals surface area contributed by atoms with E-state index in [0.29, 0.717) is 34.2 Å². The Morgan fingerprint density at radius 3 is 2.79 bits per heavy atom. The summed E-state index contributed by atoms with van der Waals surface area (Å²) in [4.78, 5) is 23.8. The summed E-state index contributed by atoms with van der Waals surface area (Å²) in [6.07, 6.45) is 1.65. The van der Waals surface area contributed by atoms with Gasteiger partial charge in [-0.15, -0.1) is 15.3 Å². The SMILES string of the molecule is NC(=O)CCn1c(SCn2nnc3ccccc3c2=O)nnc1-c1ccco1. The van der Waals surface area contributed by atoms with Gasteiger partial charge in [0.25, 0.3) is 5.56 Å². The molecule has 0 radical (unpaired) electrons. The minimum Gasteiger partial charge on any atom is -0.461 e. The summed E-state index contributed by atoms with van der Waals surface area (Å²) in [6.45, 7) is 0.291. The molecule has 28 heavy (non-hydrogen) atoms. The Bertz CT molecular complexity index is 1180. The molecule has 1 amide bonds. The predicted octanol–water partition coefficient (Wildman–Crippen LogP) is 1.27. The highest BCUT2D eigenvalue weighted by Crippen LogP contribution is 2.25. The van der Waals surface area contributed by atoms with E-state index < -0.39 is 5.91 Å².